The van der Waals surface area contributed by atoms with Crippen LogP contribution in [0.25, 0.3) is 0 Å². The van der Waals surface area contributed by atoms with Crippen LogP contribution in [0.15, 0.2) is 12.4 Å². The molecule has 0 amide bonds. The summed E-state index contributed by atoms with van der Waals surface area (Å²) in [6.07, 6.45) is 4.98. The maximum absolute atomic E-state index is 5.79. The number of nitrogen functional groups attached to an aromatic ring is 1. The fourth-order valence-corrected chi connectivity index (χ4v) is 1.68. The molecule has 0 aliphatic rings. The molecule has 1 heterocycles. The average Bonchev–Trinajstić information content (AvgIpc) is 2.27. The molecule has 0 aliphatic heterocycles. The Morgan fingerprint density at radius 2 is 1.73 bits per heavy atom. The fourth-order valence-electron chi connectivity index (χ4n) is 1.68. The van der Waals surface area contributed by atoms with Crippen molar-refractivity contribution in [2.45, 2.75) is 39.2 Å². The minimum atomic E-state index is -0.359. The molecule has 0 aromatic carbocycles. The molecule has 2 N–H and O–H groups in total. The van der Waals surface area contributed by atoms with Gasteiger partial charge in [0, 0.05) is 6.61 Å². The molecule has 0 unspecified atom stereocenters. The van der Waals surface area contributed by atoms with Crippen molar-refractivity contribution < 1.29 is 4.74 Å². The molecule has 84 valence electrons. The standard InChI is InChI=1S/C11H19N3O/c1-4-11(5-2,15-6-3)10-13-7-9(12)8-14-10/h7-8H,4-6,12H2,1-3H3. The zero-order valence-corrected chi connectivity index (χ0v) is 9.66. The van der Waals surface area contributed by atoms with Crippen LogP contribution in [0, 0.1) is 0 Å². The number of aromatic nitrogens is 2. The van der Waals surface area contributed by atoms with Gasteiger partial charge in [0.1, 0.15) is 5.60 Å². The summed E-state index contributed by atoms with van der Waals surface area (Å²) in [4.78, 5) is 8.50. The Hall–Kier alpha value is -1.16. The highest BCUT2D eigenvalue weighted by Gasteiger charge is 2.31. The van der Waals surface area contributed by atoms with Gasteiger partial charge in [-0.05, 0) is 19.8 Å². The summed E-state index contributed by atoms with van der Waals surface area (Å²) in [5.41, 5.74) is 5.78. The van der Waals surface area contributed by atoms with Gasteiger partial charge in [-0.15, -0.1) is 0 Å². The van der Waals surface area contributed by atoms with Gasteiger partial charge in [-0.1, -0.05) is 13.8 Å². The first-order valence-electron chi connectivity index (χ1n) is 5.40. The van der Waals surface area contributed by atoms with E-state index in [2.05, 4.69) is 23.8 Å². The monoisotopic (exact) mass is 209 g/mol. The normalized spacial score (nSPS) is 11.7. The van der Waals surface area contributed by atoms with Gasteiger partial charge in [0.05, 0.1) is 18.1 Å². The van der Waals surface area contributed by atoms with E-state index in [0.29, 0.717) is 12.3 Å². The van der Waals surface area contributed by atoms with Gasteiger partial charge in [0.15, 0.2) is 5.82 Å². The lowest BCUT2D eigenvalue weighted by molar-refractivity contribution is -0.0571. The molecule has 0 saturated heterocycles. The molecule has 0 radical (unpaired) electrons. The number of nitrogens with two attached hydrogens (primary N) is 1. The third kappa shape index (κ3) is 2.45. The van der Waals surface area contributed by atoms with Crippen molar-refractivity contribution in [3.8, 4) is 0 Å². The van der Waals surface area contributed by atoms with Crippen LogP contribution < -0.4 is 5.73 Å². The summed E-state index contributed by atoms with van der Waals surface area (Å²) >= 11 is 0. The quantitative estimate of drug-likeness (QED) is 0.806. The van der Waals surface area contributed by atoms with Crippen molar-refractivity contribution in [3.05, 3.63) is 18.2 Å². The Labute approximate surface area is 90.9 Å². The van der Waals surface area contributed by atoms with Crippen molar-refractivity contribution >= 4 is 5.69 Å². The zero-order valence-electron chi connectivity index (χ0n) is 9.66. The Morgan fingerprint density at radius 1 is 1.20 bits per heavy atom. The molecule has 4 nitrogen and oxygen atoms in total. The SMILES string of the molecule is CCOC(CC)(CC)c1ncc(N)cn1. The number of anilines is 1. The van der Waals surface area contributed by atoms with Crippen LogP contribution in [0.1, 0.15) is 39.4 Å². The van der Waals surface area contributed by atoms with E-state index in [-0.39, 0.29) is 5.60 Å². The Kier molecular flexibility index (Phi) is 4.03. The van der Waals surface area contributed by atoms with Crippen LogP contribution in [0.4, 0.5) is 5.69 Å². The van der Waals surface area contributed by atoms with Gasteiger partial charge >= 0.3 is 0 Å². The minimum absolute atomic E-state index is 0.359. The number of nitrogens with zero attached hydrogens (tertiary/aromatic N) is 2. The van der Waals surface area contributed by atoms with Crippen LogP contribution >= 0.6 is 0 Å². The van der Waals surface area contributed by atoms with Crippen LogP contribution in [0.2, 0.25) is 0 Å². The van der Waals surface area contributed by atoms with Crippen molar-refractivity contribution in [3.63, 3.8) is 0 Å². The summed E-state index contributed by atoms with van der Waals surface area (Å²) < 4.78 is 5.79. The Balaban J connectivity index is 3.02. The maximum atomic E-state index is 5.79. The van der Waals surface area contributed by atoms with E-state index >= 15 is 0 Å². The van der Waals surface area contributed by atoms with E-state index in [4.69, 9.17) is 10.5 Å². The summed E-state index contributed by atoms with van der Waals surface area (Å²) in [7, 11) is 0. The number of hydrogen-bond donors (Lipinski definition) is 1. The van der Waals surface area contributed by atoms with Gasteiger partial charge in [-0.25, -0.2) is 9.97 Å². The van der Waals surface area contributed by atoms with Crippen LogP contribution in [0.3, 0.4) is 0 Å². The van der Waals surface area contributed by atoms with Gasteiger partial charge in [-0.3, -0.25) is 0 Å². The molecular weight excluding hydrogens is 190 g/mol. The van der Waals surface area contributed by atoms with Crippen LogP contribution in [-0.4, -0.2) is 16.6 Å². The van der Waals surface area contributed by atoms with E-state index < -0.39 is 0 Å². The maximum Gasteiger partial charge on any atom is 0.160 e. The summed E-state index contributed by atoms with van der Waals surface area (Å²) in [6.45, 7) is 6.81. The van der Waals surface area contributed by atoms with Crippen molar-refractivity contribution in [1.29, 1.82) is 0 Å². The molecule has 0 atom stereocenters. The van der Waals surface area contributed by atoms with Gasteiger partial charge in [-0.2, -0.15) is 0 Å². The molecule has 4 heteroatoms. The molecule has 1 rings (SSSR count). The first kappa shape index (κ1) is 11.9. The van der Waals surface area contributed by atoms with Crippen molar-refractivity contribution in [2.24, 2.45) is 0 Å². The third-order valence-electron chi connectivity index (χ3n) is 2.64. The van der Waals surface area contributed by atoms with Gasteiger partial charge in [0.2, 0.25) is 0 Å². The first-order chi connectivity index (χ1) is 7.18. The molecule has 0 spiro atoms. The highest BCUT2D eigenvalue weighted by atomic mass is 16.5. The van der Waals surface area contributed by atoms with Crippen LogP contribution in [0.5, 0.6) is 0 Å². The van der Waals surface area contributed by atoms with Gasteiger partial charge in [0.25, 0.3) is 0 Å². The van der Waals surface area contributed by atoms with E-state index in [1.54, 1.807) is 12.4 Å². The summed E-state index contributed by atoms with van der Waals surface area (Å²) in [6, 6.07) is 0. The zero-order chi connectivity index (χ0) is 11.3. The molecule has 0 fully saturated rings. The minimum Gasteiger partial charge on any atom is -0.396 e. The fraction of sp³-hybridized carbons (Fsp3) is 0.636. The van der Waals surface area contributed by atoms with E-state index in [1.807, 2.05) is 6.92 Å². The summed E-state index contributed by atoms with van der Waals surface area (Å²) in [5.74, 6) is 0.726. The lowest BCUT2D eigenvalue weighted by atomic mass is 9.96. The molecule has 1 aromatic rings. The smallest absolute Gasteiger partial charge is 0.160 e. The summed E-state index contributed by atoms with van der Waals surface area (Å²) in [5, 5.41) is 0. The molecule has 0 aliphatic carbocycles. The molecular formula is C11H19N3O. The number of hydrogen-bond acceptors (Lipinski definition) is 4. The highest BCUT2D eigenvalue weighted by molar-refractivity contribution is 5.30. The number of ether oxygens (including phenoxy) is 1. The Morgan fingerprint density at radius 3 is 2.13 bits per heavy atom. The van der Waals surface area contributed by atoms with E-state index in [0.717, 1.165) is 18.7 Å². The third-order valence-corrected chi connectivity index (χ3v) is 2.64. The lowest BCUT2D eigenvalue weighted by Gasteiger charge is -2.29. The molecule has 15 heavy (non-hydrogen) atoms. The van der Waals surface area contributed by atoms with Crippen molar-refractivity contribution in [1.82, 2.24) is 9.97 Å². The topological polar surface area (TPSA) is 61.0 Å². The number of rotatable bonds is 5. The second-order valence-corrected chi connectivity index (χ2v) is 3.47. The Bertz CT molecular complexity index is 293. The van der Waals surface area contributed by atoms with Gasteiger partial charge < -0.3 is 10.5 Å². The predicted octanol–water partition coefficient (Wildman–Crippen LogP) is 2.11. The second-order valence-electron chi connectivity index (χ2n) is 3.47. The first-order valence-corrected chi connectivity index (χ1v) is 5.40. The van der Waals surface area contributed by atoms with Crippen LogP contribution in [-0.2, 0) is 10.3 Å². The molecule has 0 saturated carbocycles. The molecule has 0 bridgehead atoms. The predicted molar refractivity (Wildman–Crippen MR) is 60.3 cm³/mol. The average molecular weight is 209 g/mol. The van der Waals surface area contributed by atoms with E-state index in [1.165, 1.54) is 0 Å². The highest BCUT2D eigenvalue weighted by Crippen LogP contribution is 2.30. The van der Waals surface area contributed by atoms with Crippen molar-refractivity contribution in [2.75, 3.05) is 12.3 Å². The molecule has 1 aromatic heterocycles. The largest absolute Gasteiger partial charge is 0.396 e. The van der Waals surface area contributed by atoms with E-state index in [9.17, 15) is 0 Å². The lowest BCUT2D eigenvalue weighted by Crippen LogP contribution is -2.30. The second kappa shape index (κ2) is 5.07.